The lowest BCUT2D eigenvalue weighted by atomic mass is 10.0. The van der Waals surface area contributed by atoms with Crippen molar-refractivity contribution in [2.45, 2.75) is 40.8 Å². The van der Waals surface area contributed by atoms with E-state index in [1.54, 1.807) is 4.57 Å². The summed E-state index contributed by atoms with van der Waals surface area (Å²) in [7, 11) is 0. The number of alkyl halides is 3. The Balaban J connectivity index is 1.56. The highest BCUT2D eigenvalue weighted by atomic mass is 19.4. The molecule has 5 aromatic carbocycles. The summed E-state index contributed by atoms with van der Waals surface area (Å²) in [4.78, 5) is 9.74. The molecule has 0 spiro atoms. The van der Waals surface area contributed by atoms with Crippen molar-refractivity contribution < 1.29 is 13.2 Å². The molecule has 0 aliphatic heterocycles. The Morgan fingerprint density at radius 2 is 1.00 bits per heavy atom. The molecule has 0 amide bonds. The summed E-state index contributed by atoms with van der Waals surface area (Å²) in [6.45, 7) is 9.85. The van der Waals surface area contributed by atoms with Crippen LogP contribution in [0.3, 0.4) is 0 Å². The van der Waals surface area contributed by atoms with Gasteiger partial charge in [0, 0.05) is 38.5 Å². The predicted octanol–water partition coefficient (Wildman–Crippen LogP) is 10.8. The van der Waals surface area contributed by atoms with E-state index in [4.69, 9.17) is 9.97 Å². The average Bonchev–Trinajstić information content (AvgIpc) is 3.53. The van der Waals surface area contributed by atoms with Crippen molar-refractivity contribution in [3.8, 4) is 28.8 Å². The number of nitriles is 1. The van der Waals surface area contributed by atoms with Crippen LogP contribution >= 0.6 is 0 Å². The van der Waals surface area contributed by atoms with Crippen LogP contribution in [0.1, 0.15) is 39.2 Å². The maximum absolute atomic E-state index is 14.1. The van der Waals surface area contributed by atoms with E-state index >= 15 is 0 Å². The Hall–Kier alpha value is -5.94. The Morgan fingerprint density at radius 1 is 0.551 bits per heavy atom. The molecule has 5 nitrogen and oxygen atoms in total. The van der Waals surface area contributed by atoms with Crippen molar-refractivity contribution in [1.82, 2.24) is 19.1 Å². The van der Waals surface area contributed by atoms with E-state index in [2.05, 4.69) is 47.0 Å². The molecule has 0 unspecified atom stereocenters. The van der Waals surface area contributed by atoms with Gasteiger partial charge in [0.15, 0.2) is 5.82 Å². The first-order valence-electron chi connectivity index (χ1n) is 16.0. The van der Waals surface area contributed by atoms with Crippen LogP contribution in [0.5, 0.6) is 0 Å². The minimum absolute atomic E-state index is 0.302. The second kappa shape index (κ2) is 10.8. The fourth-order valence-electron chi connectivity index (χ4n) is 7.12. The smallest absolute Gasteiger partial charge is 0.308 e. The largest absolute Gasteiger partial charge is 0.416 e. The summed E-state index contributed by atoms with van der Waals surface area (Å²) in [5, 5.41) is 14.4. The van der Waals surface area contributed by atoms with Gasteiger partial charge in [-0.15, -0.1) is 0 Å². The van der Waals surface area contributed by atoms with Crippen LogP contribution < -0.4 is 0 Å². The van der Waals surface area contributed by atoms with E-state index in [0.717, 1.165) is 61.3 Å². The van der Waals surface area contributed by atoms with Crippen LogP contribution in [0.25, 0.3) is 66.4 Å². The highest BCUT2D eigenvalue weighted by Gasteiger charge is 2.32. The van der Waals surface area contributed by atoms with E-state index in [1.165, 1.54) is 12.1 Å². The zero-order chi connectivity index (χ0) is 34.4. The Labute approximate surface area is 280 Å². The number of benzene rings is 5. The molecule has 49 heavy (non-hydrogen) atoms. The summed E-state index contributed by atoms with van der Waals surface area (Å²) in [6, 6.07) is 30.3. The van der Waals surface area contributed by atoms with Crippen molar-refractivity contribution in [2.24, 2.45) is 0 Å². The first-order chi connectivity index (χ1) is 23.4. The number of aromatic nitrogens is 4. The molecule has 0 fully saturated rings. The van der Waals surface area contributed by atoms with Crippen LogP contribution in [0, 0.1) is 45.9 Å². The van der Waals surface area contributed by atoms with Crippen molar-refractivity contribution in [2.75, 3.05) is 0 Å². The molecular formula is C41H30F3N5. The minimum atomic E-state index is -4.54. The number of nitrogens with zero attached hydrogens (tertiary/aromatic N) is 5. The Bertz CT molecular complexity index is 2640. The van der Waals surface area contributed by atoms with Gasteiger partial charge in [-0.25, -0.2) is 9.97 Å². The highest BCUT2D eigenvalue weighted by Crippen LogP contribution is 2.42. The molecule has 0 radical (unpaired) electrons. The molecule has 8 aromatic rings. The van der Waals surface area contributed by atoms with Gasteiger partial charge in [-0.1, -0.05) is 42.5 Å². The lowest BCUT2D eigenvalue weighted by Gasteiger charge is -2.19. The van der Waals surface area contributed by atoms with Crippen LogP contribution in [0.15, 0.2) is 91.0 Å². The van der Waals surface area contributed by atoms with E-state index in [0.29, 0.717) is 44.7 Å². The number of halogens is 3. The second-order valence-corrected chi connectivity index (χ2v) is 12.9. The van der Waals surface area contributed by atoms with Crippen LogP contribution in [-0.4, -0.2) is 19.1 Å². The average molecular weight is 650 g/mol. The van der Waals surface area contributed by atoms with Gasteiger partial charge < -0.3 is 9.13 Å². The molecule has 0 aliphatic rings. The Morgan fingerprint density at radius 3 is 1.47 bits per heavy atom. The number of fused-ring (bicyclic) bond motifs is 6. The van der Waals surface area contributed by atoms with E-state index < -0.39 is 11.7 Å². The van der Waals surface area contributed by atoms with Crippen molar-refractivity contribution in [3.63, 3.8) is 0 Å². The third-order valence-electron chi connectivity index (χ3n) is 9.27. The zero-order valence-corrected chi connectivity index (χ0v) is 27.5. The molecule has 0 saturated heterocycles. The fraction of sp³-hybridized carbons (Fsp3) is 0.146. The molecule has 0 N–H and O–H groups in total. The third kappa shape index (κ3) is 4.84. The van der Waals surface area contributed by atoms with Gasteiger partial charge >= 0.3 is 6.18 Å². The van der Waals surface area contributed by atoms with Crippen LogP contribution in [-0.2, 0) is 6.18 Å². The van der Waals surface area contributed by atoms with E-state index in [-0.39, 0.29) is 0 Å². The molecule has 0 aliphatic carbocycles. The lowest BCUT2D eigenvalue weighted by Crippen LogP contribution is -2.07. The van der Waals surface area contributed by atoms with E-state index in [9.17, 15) is 18.4 Å². The standard InChI is InChI=1S/C41H30F3N5/c1-22-8-12-31-32-13-9-28(41(42,43)44)19-39(32)48(35(31)14-22)34-20-33(40-46-25(4)17-26(5)47-40)38(18-27(34)21-45)49-36-15-23(2)6-10-29(36)30-11-7-24(3)16-37(30)49/h6-20H,1-5H3. The summed E-state index contributed by atoms with van der Waals surface area (Å²) in [6.07, 6.45) is -4.54. The van der Waals surface area contributed by atoms with Gasteiger partial charge in [0.25, 0.3) is 0 Å². The molecule has 3 heterocycles. The summed E-state index contributed by atoms with van der Waals surface area (Å²) < 4.78 is 46.3. The van der Waals surface area contributed by atoms with Gasteiger partial charge in [-0.2, -0.15) is 18.4 Å². The summed E-state index contributed by atoms with van der Waals surface area (Å²) >= 11 is 0. The predicted molar refractivity (Wildman–Crippen MR) is 190 cm³/mol. The monoisotopic (exact) mass is 649 g/mol. The molecule has 240 valence electrons. The molecule has 8 rings (SSSR count). The first kappa shape index (κ1) is 30.4. The van der Waals surface area contributed by atoms with E-state index in [1.807, 2.05) is 71.0 Å². The maximum atomic E-state index is 14.1. The van der Waals surface area contributed by atoms with Gasteiger partial charge in [0.1, 0.15) is 6.07 Å². The molecule has 3 aromatic heterocycles. The maximum Gasteiger partial charge on any atom is 0.416 e. The molecule has 0 atom stereocenters. The van der Waals surface area contributed by atoms with Gasteiger partial charge in [-0.3, -0.25) is 0 Å². The van der Waals surface area contributed by atoms with Crippen molar-refractivity contribution in [3.05, 3.63) is 130 Å². The Kier molecular flexibility index (Phi) is 6.69. The van der Waals surface area contributed by atoms with Gasteiger partial charge in [-0.05, 0) is 99.8 Å². The number of hydrogen-bond donors (Lipinski definition) is 0. The zero-order valence-electron chi connectivity index (χ0n) is 27.5. The topological polar surface area (TPSA) is 59.4 Å². The number of hydrogen-bond acceptors (Lipinski definition) is 3. The summed E-state index contributed by atoms with van der Waals surface area (Å²) in [5.41, 5.74) is 8.98. The second-order valence-electron chi connectivity index (χ2n) is 12.9. The minimum Gasteiger partial charge on any atom is -0.308 e. The number of aryl methyl sites for hydroxylation is 5. The van der Waals surface area contributed by atoms with Crippen LogP contribution in [0.2, 0.25) is 0 Å². The molecule has 0 bridgehead atoms. The lowest BCUT2D eigenvalue weighted by molar-refractivity contribution is -0.137. The third-order valence-corrected chi connectivity index (χ3v) is 9.27. The quantitative estimate of drug-likeness (QED) is 0.191. The van der Waals surface area contributed by atoms with Gasteiger partial charge in [0.2, 0.25) is 0 Å². The molecule has 8 heteroatoms. The molecule has 0 saturated carbocycles. The van der Waals surface area contributed by atoms with Crippen molar-refractivity contribution in [1.29, 1.82) is 5.26 Å². The fourth-order valence-corrected chi connectivity index (χ4v) is 7.12. The SMILES string of the molecule is Cc1ccc2c3ccc(C(F)(F)F)cc3n(-c3cc(-c4nc(C)cc(C)n4)c(-n4c5cc(C)ccc5c5ccc(C)cc54)cc3C#N)c2c1. The molecular weight excluding hydrogens is 619 g/mol. The van der Waals surface area contributed by atoms with Gasteiger partial charge in [0.05, 0.1) is 44.6 Å². The summed E-state index contributed by atoms with van der Waals surface area (Å²) in [5.74, 6) is 0.460. The number of rotatable bonds is 3. The highest BCUT2D eigenvalue weighted by molar-refractivity contribution is 6.11. The van der Waals surface area contributed by atoms with Crippen molar-refractivity contribution >= 4 is 43.6 Å². The normalized spacial score (nSPS) is 12.1. The van der Waals surface area contributed by atoms with Crippen LogP contribution in [0.4, 0.5) is 13.2 Å². The first-order valence-corrected chi connectivity index (χ1v) is 16.0.